The normalized spacial score (nSPS) is 12.9. The lowest BCUT2D eigenvalue weighted by molar-refractivity contribution is -0.600. The molecule has 3 rings (SSSR count). The van der Waals surface area contributed by atoms with Gasteiger partial charge in [0.1, 0.15) is 0 Å². The maximum Gasteiger partial charge on any atom is 0.294 e. The van der Waals surface area contributed by atoms with E-state index in [0.29, 0.717) is 0 Å². The van der Waals surface area contributed by atoms with E-state index in [-0.39, 0.29) is 33.5 Å². The first-order valence-electron chi connectivity index (χ1n) is 12.3. The van der Waals surface area contributed by atoms with Crippen molar-refractivity contribution in [2.24, 2.45) is 0 Å². The highest BCUT2D eigenvalue weighted by atomic mass is 32.2. The summed E-state index contributed by atoms with van der Waals surface area (Å²) >= 11 is 0. The van der Waals surface area contributed by atoms with E-state index in [4.69, 9.17) is 0 Å². The number of benzene rings is 2. The Balaban J connectivity index is 2.37. The summed E-state index contributed by atoms with van der Waals surface area (Å²) in [6, 6.07) is 6.00. The molecule has 2 aromatic carbocycles. The monoisotopic (exact) mass is 548 g/mol. The number of aromatic nitrogens is 2. The summed E-state index contributed by atoms with van der Waals surface area (Å²) < 4.78 is 71.1. The van der Waals surface area contributed by atoms with Gasteiger partial charge in [-0.15, -0.1) is 0 Å². The van der Waals surface area contributed by atoms with Crippen LogP contribution >= 0.6 is 0 Å². The van der Waals surface area contributed by atoms with Crippen LogP contribution in [0.3, 0.4) is 0 Å². The minimum absolute atomic E-state index is 0.0510. The highest BCUT2D eigenvalue weighted by molar-refractivity contribution is 7.86. The van der Waals surface area contributed by atoms with Gasteiger partial charge in [0.15, 0.2) is 0 Å². The summed E-state index contributed by atoms with van der Waals surface area (Å²) in [6.45, 7) is 15.6. The molecule has 2 N–H and O–H groups in total. The van der Waals surface area contributed by atoms with E-state index in [1.165, 1.54) is 24.3 Å². The van der Waals surface area contributed by atoms with E-state index in [1.54, 1.807) is 0 Å². The van der Waals surface area contributed by atoms with Crippen LogP contribution in [0.15, 0.2) is 46.5 Å². The van der Waals surface area contributed by atoms with Gasteiger partial charge in [-0.25, -0.2) is 0 Å². The highest BCUT2D eigenvalue weighted by Gasteiger charge is 2.25. The standard InChI is InChI=1S/C27H36N2O6S2/c1-16(2)22-11-20(36(30,31)32)12-23(17(3)4)26(22)28-9-10-29(15-28)27-24(18(5)6)13-21(37(33,34)35)14-25(27)19(7)8/h9-14,16-19H,1-8H3,(H,30,31,32)(H,33,34,35). The number of nitrogens with zero attached hydrogens (tertiary/aromatic N) is 2. The Morgan fingerprint density at radius 1 is 0.676 bits per heavy atom. The summed E-state index contributed by atoms with van der Waals surface area (Å²) in [7, 11) is -8.78. The largest absolute Gasteiger partial charge is 0.298 e. The van der Waals surface area contributed by atoms with E-state index >= 15 is 0 Å². The van der Waals surface area contributed by atoms with E-state index in [9.17, 15) is 25.9 Å². The Morgan fingerprint density at radius 3 is 1.35 bits per heavy atom. The number of rotatable bonds is 8. The molecule has 1 aromatic heterocycles. The molecule has 0 amide bonds. The Morgan fingerprint density at radius 2 is 1.03 bits per heavy atom. The number of imidazole rings is 1. The fourth-order valence-corrected chi connectivity index (χ4v) is 5.59. The van der Waals surface area contributed by atoms with Crippen LogP contribution in [0.25, 0.3) is 11.4 Å². The Kier molecular flexibility index (Phi) is 8.10. The van der Waals surface area contributed by atoms with Gasteiger partial charge >= 0.3 is 0 Å². The smallest absolute Gasteiger partial charge is 0.294 e. The van der Waals surface area contributed by atoms with Crippen molar-refractivity contribution in [2.75, 3.05) is 0 Å². The van der Waals surface area contributed by atoms with Gasteiger partial charge in [-0.1, -0.05) is 55.4 Å². The van der Waals surface area contributed by atoms with Gasteiger partial charge in [0.25, 0.3) is 26.6 Å². The topological polar surface area (TPSA) is 118 Å². The van der Waals surface area contributed by atoms with Gasteiger partial charge < -0.3 is 0 Å². The Hall–Kier alpha value is -2.53. The van der Waals surface area contributed by atoms with Crippen molar-refractivity contribution in [2.45, 2.75) is 88.9 Å². The lowest BCUT2D eigenvalue weighted by Gasteiger charge is -2.22. The van der Waals surface area contributed by atoms with Gasteiger partial charge in [0.2, 0.25) is 0 Å². The lowest BCUT2D eigenvalue weighted by atomic mass is 9.92. The third-order valence-electron chi connectivity index (χ3n) is 6.43. The maximum atomic E-state index is 12.0. The minimum atomic E-state index is -4.39. The van der Waals surface area contributed by atoms with E-state index < -0.39 is 20.2 Å². The van der Waals surface area contributed by atoms with Crippen LogP contribution < -0.4 is 4.57 Å². The van der Waals surface area contributed by atoms with Gasteiger partial charge in [0, 0.05) is 12.4 Å². The van der Waals surface area contributed by atoms with Crippen LogP contribution in [-0.2, 0) is 20.2 Å². The van der Waals surface area contributed by atoms with Crippen molar-refractivity contribution >= 4 is 20.2 Å². The molecule has 0 aliphatic rings. The van der Waals surface area contributed by atoms with Crippen molar-refractivity contribution in [3.63, 3.8) is 0 Å². The van der Waals surface area contributed by atoms with Gasteiger partial charge in [-0.2, -0.15) is 16.8 Å². The van der Waals surface area contributed by atoms with Crippen LogP contribution in [0, 0.1) is 6.33 Å². The molecular formula is C27H36N2O6S2. The summed E-state index contributed by atoms with van der Waals surface area (Å²) in [4.78, 5) is -0.289. The molecule has 0 radical (unpaired) electrons. The average molecular weight is 549 g/mol. The molecule has 1 heterocycles. The summed E-state index contributed by atoms with van der Waals surface area (Å²) in [5.74, 6) is -0.204. The number of hydrogen-bond acceptors (Lipinski definition) is 4. The number of hydrogen-bond donors (Lipinski definition) is 2. The fraction of sp³-hybridized carbons (Fsp3) is 0.444. The van der Waals surface area contributed by atoms with Gasteiger partial charge in [0.05, 0.1) is 21.2 Å². The molecule has 0 atom stereocenters. The SMILES string of the molecule is CC(C)c1cc(S(=O)(=O)O)cc(C(C)C)c1-n1[c-][n+](-c2c(C(C)C)cc(S(=O)(=O)O)cc2C(C)C)cc1. The highest BCUT2D eigenvalue weighted by Crippen LogP contribution is 2.35. The molecule has 0 saturated carbocycles. The van der Waals surface area contributed by atoms with Crippen molar-refractivity contribution < 1.29 is 30.5 Å². The molecule has 0 unspecified atom stereocenters. The predicted molar refractivity (Wildman–Crippen MR) is 142 cm³/mol. The molecule has 0 fully saturated rings. The maximum absolute atomic E-state index is 12.0. The molecular weight excluding hydrogens is 512 g/mol. The van der Waals surface area contributed by atoms with Gasteiger partial charge in [-0.3, -0.25) is 18.2 Å². The van der Waals surface area contributed by atoms with Crippen LogP contribution in [0.2, 0.25) is 0 Å². The molecule has 0 spiro atoms. The average Bonchev–Trinajstić information content (AvgIpc) is 3.25. The predicted octanol–water partition coefficient (Wildman–Crippen LogP) is 5.54. The third kappa shape index (κ3) is 5.98. The zero-order chi connectivity index (χ0) is 28.0. The second-order valence-electron chi connectivity index (χ2n) is 10.6. The van der Waals surface area contributed by atoms with Crippen LogP contribution in [-0.4, -0.2) is 30.5 Å². The van der Waals surface area contributed by atoms with E-state index in [0.717, 1.165) is 33.6 Å². The Labute approximate surface area is 220 Å². The van der Waals surface area contributed by atoms with Gasteiger partial charge in [-0.05, 0) is 70.2 Å². The van der Waals surface area contributed by atoms with E-state index in [2.05, 4.69) is 6.33 Å². The zero-order valence-electron chi connectivity index (χ0n) is 22.5. The van der Waals surface area contributed by atoms with Crippen LogP contribution in [0.5, 0.6) is 0 Å². The Bertz CT molecular complexity index is 1360. The minimum Gasteiger partial charge on any atom is -0.298 e. The molecule has 0 aliphatic heterocycles. The van der Waals surface area contributed by atoms with Crippen LogP contribution in [0.1, 0.15) is 101 Å². The fourth-order valence-electron chi connectivity index (χ4n) is 4.48. The molecule has 10 heteroatoms. The van der Waals surface area contributed by atoms with Crippen molar-refractivity contribution in [3.8, 4) is 11.4 Å². The van der Waals surface area contributed by atoms with Crippen LogP contribution in [0.4, 0.5) is 0 Å². The summed E-state index contributed by atoms with van der Waals surface area (Å²) in [6.07, 6.45) is 7.00. The second kappa shape index (κ2) is 10.3. The lowest BCUT2D eigenvalue weighted by Crippen LogP contribution is -2.33. The first-order chi connectivity index (χ1) is 16.9. The molecule has 0 aliphatic carbocycles. The first kappa shape index (κ1) is 29.0. The van der Waals surface area contributed by atoms with E-state index in [1.807, 2.05) is 76.9 Å². The third-order valence-corrected chi connectivity index (χ3v) is 8.09. The quantitative estimate of drug-likeness (QED) is 0.217. The van der Waals surface area contributed by atoms with Crippen molar-refractivity contribution in [1.82, 2.24) is 4.57 Å². The second-order valence-corrected chi connectivity index (χ2v) is 13.5. The van der Waals surface area contributed by atoms with Crippen molar-refractivity contribution in [3.05, 3.63) is 65.2 Å². The molecule has 8 nitrogen and oxygen atoms in total. The first-order valence-corrected chi connectivity index (χ1v) is 15.1. The van der Waals surface area contributed by atoms with Crippen molar-refractivity contribution in [1.29, 1.82) is 0 Å². The summed E-state index contributed by atoms with van der Waals surface area (Å²) in [5.41, 5.74) is 4.53. The zero-order valence-corrected chi connectivity index (χ0v) is 24.1. The molecule has 0 bridgehead atoms. The molecule has 3 aromatic rings. The molecule has 0 saturated heterocycles. The summed E-state index contributed by atoms with van der Waals surface area (Å²) in [5, 5.41) is 0. The molecule has 202 valence electrons. The molecule has 37 heavy (non-hydrogen) atoms.